The molecule has 3 rings (SSSR count). The van der Waals surface area contributed by atoms with Gasteiger partial charge in [-0.25, -0.2) is 0 Å². The maximum Gasteiger partial charge on any atom is 0.293 e. The number of ether oxygens (including phenoxy) is 1. The van der Waals surface area contributed by atoms with E-state index < -0.39 is 4.92 Å². The molecule has 0 radical (unpaired) electrons. The molecule has 3 aromatic carbocycles. The smallest absolute Gasteiger partial charge is 0.293 e. The molecule has 0 saturated heterocycles. The SMILES string of the molecule is COCCNc1ccc(C(=O)NC(Cc2ccccc2)c2ccccc2)cc1[N+](=O)[O-]. The average Bonchev–Trinajstić information content (AvgIpc) is 2.80. The van der Waals surface area contributed by atoms with Gasteiger partial charge in [0, 0.05) is 25.3 Å². The summed E-state index contributed by atoms with van der Waals surface area (Å²) in [5, 5.41) is 17.5. The summed E-state index contributed by atoms with van der Waals surface area (Å²) >= 11 is 0. The van der Waals surface area contributed by atoms with Crippen LogP contribution in [0.3, 0.4) is 0 Å². The first-order chi connectivity index (χ1) is 15.1. The number of carbonyl (C=O) groups excluding carboxylic acids is 1. The molecule has 0 aliphatic heterocycles. The van der Waals surface area contributed by atoms with Crippen LogP contribution in [0, 0.1) is 10.1 Å². The van der Waals surface area contributed by atoms with Crippen LogP contribution in [0.5, 0.6) is 0 Å². The van der Waals surface area contributed by atoms with E-state index in [0.29, 0.717) is 25.3 Å². The van der Waals surface area contributed by atoms with Crippen molar-refractivity contribution in [1.29, 1.82) is 0 Å². The summed E-state index contributed by atoms with van der Waals surface area (Å²) in [5.41, 5.74) is 2.48. The van der Waals surface area contributed by atoms with Crippen molar-refractivity contribution in [3.05, 3.63) is 106 Å². The highest BCUT2D eigenvalue weighted by Gasteiger charge is 2.20. The van der Waals surface area contributed by atoms with Crippen LogP contribution in [-0.2, 0) is 11.2 Å². The van der Waals surface area contributed by atoms with Gasteiger partial charge < -0.3 is 15.4 Å². The van der Waals surface area contributed by atoms with Crippen LogP contribution in [0.4, 0.5) is 11.4 Å². The number of nitro groups is 1. The first-order valence-electron chi connectivity index (χ1n) is 9.99. The Morgan fingerprint density at radius 1 is 1.03 bits per heavy atom. The van der Waals surface area contributed by atoms with Crippen molar-refractivity contribution in [2.75, 3.05) is 25.6 Å². The summed E-state index contributed by atoms with van der Waals surface area (Å²) in [7, 11) is 1.56. The summed E-state index contributed by atoms with van der Waals surface area (Å²) in [5.74, 6) is -0.365. The van der Waals surface area contributed by atoms with E-state index in [1.54, 1.807) is 19.2 Å². The second-order valence-corrected chi connectivity index (χ2v) is 7.04. The lowest BCUT2D eigenvalue weighted by molar-refractivity contribution is -0.384. The third-order valence-electron chi connectivity index (χ3n) is 4.87. The molecular weight excluding hydrogens is 394 g/mol. The van der Waals surface area contributed by atoms with Crippen LogP contribution >= 0.6 is 0 Å². The molecule has 0 saturated carbocycles. The van der Waals surface area contributed by atoms with Gasteiger partial charge in [0.2, 0.25) is 0 Å². The zero-order chi connectivity index (χ0) is 22.1. The number of methoxy groups -OCH3 is 1. The Labute approximate surface area is 181 Å². The van der Waals surface area contributed by atoms with Gasteiger partial charge in [0.05, 0.1) is 17.6 Å². The van der Waals surface area contributed by atoms with E-state index in [9.17, 15) is 14.9 Å². The van der Waals surface area contributed by atoms with Crippen molar-refractivity contribution in [2.24, 2.45) is 0 Å². The molecule has 7 heteroatoms. The molecule has 7 nitrogen and oxygen atoms in total. The molecule has 2 N–H and O–H groups in total. The molecule has 0 spiro atoms. The van der Waals surface area contributed by atoms with Gasteiger partial charge in [-0.2, -0.15) is 0 Å². The molecule has 0 bridgehead atoms. The normalized spacial score (nSPS) is 11.5. The van der Waals surface area contributed by atoms with Gasteiger partial charge in [-0.05, 0) is 29.7 Å². The molecular formula is C24H25N3O4. The fourth-order valence-electron chi connectivity index (χ4n) is 3.29. The number of amides is 1. The predicted octanol–water partition coefficient (Wildman–Crippen LogP) is 4.37. The molecule has 0 aromatic heterocycles. The van der Waals surface area contributed by atoms with Crippen molar-refractivity contribution in [1.82, 2.24) is 5.32 Å². The van der Waals surface area contributed by atoms with E-state index >= 15 is 0 Å². The Kier molecular flexibility index (Phi) is 7.73. The van der Waals surface area contributed by atoms with Gasteiger partial charge in [0.25, 0.3) is 11.6 Å². The zero-order valence-electron chi connectivity index (χ0n) is 17.3. The Hall–Kier alpha value is -3.71. The number of benzene rings is 3. The molecule has 0 fully saturated rings. The third kappa shape index (κ3) is 6.13. The number of hydrogen-bond acceptors (Lipinski definition) is 5. The van der Waals surface area contributed by atoms with Gasteiger partial charge in [-0.3, -0.25) is 14.9 Å². The number of hydrogen-bond donors (Lipinski definition) is 2. The Bertz CT molecular complexity index is 1010. The monoisotopic (exact) mass is 419 g/mol. The number of nitro benzene ring substituents is 1. The van der Waals surface area contributed by atoms with E-state index in [1.165, 1.54) is 6.07 Å². The van der Waals surface area contributed by atoms with Crippen LogP contribution < -0.4 is 10.6 Å². The lowest BCUT2D eigenvalue weighted by Crippen LogP contribution is -2.30. The van der Waals surface area contributed by atoms with Crippen molar-refractivity contribution >= 4 is 17.3 Å². The zero-order valence-corrected chi connectivity index (χ0v) is 17.3. The number of nitrogens with one attached hydrogen (secondary N) is 2. The Morgan fingerprint density at radius 2 is 1.71 bits per heavy atom. The van der Waals surface area contributed by atoms with Crippen molar-refractivity contribution < 1.29 is 14.5 Å². The van der Waals surface area contributed by atoms with Crippen LogP contribution in [0.1, 0.15) is 27.5 Å². The van der Waals surface area contributed by atoms with E-state index in [0.717, 1.165) is 11.1 Å². The number of anilines is 1. The van der Waals surface area contributed by atoms with E-state index in [4.69, 9.17) is 4.74 Å². The first-order valence-corrected chi connectivity index (χ1v) is 9.99. The highest BCUT2D eigenvalue weighted by molar-refractivity contribution is 5.96. The van der Waals surface area contributed by atoms with Gasteiger partial charge in [0.1, 0.15) is 5.69 Å². The van der Waals surface area contributed by atoms with Gasteiger partial charge in [0.15, 0.2) is 0 Å². The highest BCUT2D eigenvalue weighted by Crippen LogP contribution is 2.26. The molecule has 0 aliphatic rings. The second kappa shape index (κ2) is 10.9. The fourth-order valence-corrected chi connectivity index (χ4v) is 3.29. The lowest BCUT2D eigenvalue weighted by atomic mass is 9.98. The molecule has 3 aromatic rings. The van der Waals surface area contributed by atoms with Gasteiger partial charge in [-0.1, -0.05) is 60.7 Å². The Morgan fingerprint density at radius 3 is 2.35 bits per heavy atom. The highest BCUT2D eigenvalue weighted by atomic mass is 16.6. The van der Waals surface area contributed by atoms with Crippen molar-refractivity contribution in [3.8, 4) is 0 Å². The molecule has 0 heterocycles. The molecule has 31 heavy (non-hydrogen) atoms. The van der Waals surface area contributed by atoms with Crippen molar-refractivity contribution in [2.45, 2.75) is 12.5 Å². The maximum absolute atomic E-state index is 13.0. The largest absolute Gasteiger partial charge is 0.383 e. The number of nitrogens with zero attached hydrogens (tertiary/aromatic N) is 1. The minimum Gasteiger partial charge on any atom is -0.383 e. The van der Waals surface area contributed by atoms with Crippen LogP contribution in [0.15, 0.2) is 78.9 Å². The lowest BCUT2D eigenvalue weighted by Gasteiger charge is -2.20. The predicted molar refractivity (Wildman–Crippen MR) is 120 cm³/mol. The summed E-state index contributed by atoms with van der Waals surface area (Å²) in [6, 6.07) is 23.7. The average molecular weight is 419 g/mol. The number of carbonyl (C=O) groups is 1. The van der Waals surface area contributed by atoms with E-state index in [1.807, 2.05) is 60.7 Å². The summed E-state index contributed by atoms with van der Waals surface area (Å²) < 4.78 is 4.96. The van der Waals surface area contributed by atoms with Gasteiger partial charge in [-0.15, -0.1) is 0 Å². The minimum absolute atomic E-state index is 0.150. The molecule has 1 unspecified atom stereocenters. The summed E-state index contributed by atoms with van der Waals surface area (Å²) in [4.78, 5) is 24.0. The van der Waals surface area contributed by atoms with E-state index in [-0.39, 0.29) is 23.2 Å². The standard InChI is InChI=1S/C24H25N3O4/c1-31-15-14-25-21-13-12-20(17-23(21)27(29)30)24(28)26-22(19-10-6-3-7-11-19)16-18-8-4-2-5-9-18/h2-13,17,22,25H,14-16H2,1H3,(H,26,28). The molecule has 160 valence electrons. The third-order valence-corrected chi connectivity index (χ3v) is 4.87. The second-order valence-electron chi connectivity index (χ2n) is 7.04. The van der Waals surface area contributed by atoms with Crippen LogP contribution in [0.2, 0.25) is 0 Å². The molecule has 1 atom stereocenters. The minimum atomic E-state index is -0.495. The summed E-state index contributed by atoms with van der Waals surface area (Å²) in [6.45, 7) is 0.841. The van der Waals surface area contributed by atoms with E-state index in [2.05, 4.69) is 10.6 Å². The van der Waals surface area contributed by atoms with Crippen molar-refractivity contribution in [3.63, 3.8) is 0 Å². The quantitative estimate of drug-likeness (QED) is 0.289. The van der Waals surface area contributed by atoms with Crippen LogP contribution in [-0.4, -0.2) is 31.1 Å². The maximum atomic E-state index is 13.0. The molecule has 1 amide bonds. The topological polar surface area (TPSA) is 93.5 Å². The Balaban J connectivity index is 1.82. The summed E-state index contributed by atoms with van der Waals surface area (Å²) in [6.07, 6.45) is 0.606. The fraction of sp³-hybridized carbons (Fsp3) is 0.208. The first kappa shape index (κ1) is 22.0. The molecule has 0 aliphatic carbocycles. The van der Waals surface area contributed by atoms with Gasteiger partial charge >= 0.3 is 0 Å². The van der Waals surface area contributed by atoms with Crippen LogP contribution in [0.25, 0.3) is 0 Å². The number of rotatable bonds is 10.